The summed E-state index contributed by atoms with van der Waals surface area (Å²) in [5.41, 5.74) is 0.540. The smallest absolute Gasteiger partial charge is 0.280 e. The first-order valence-electron chi connectivity index (χ1n) is 8.39. The number of imidazole rings is 1. The van der Waals surface area contributed by atoms with Gasteiger partial charge in [-0.2, -0.15) is 0 Å². The Balaban J connectivity index is 1.67. The molecule has 0 bridgehead atoms. The number of hydrogen-bond acceptors (Lipinski definition) is 4. The number of hydrogen-bond donors (Lipinski definition) is 2. The Morgan fingerprint density at radius 1 is 1.23 bits per heavy atom. The number of fused-ring (bicyclic) bond motifs is 2. The van der Waals surface area contributed by atoms with Crippen LogP contribution in [0.3, 0.4) is 0 Å². The molecule has 3 aromatic rings. The number of carbonyl (C=O) groups is 2. The van der Waals surface area contributed by atoms with Crippen LogP contribution in [-0.4, -0.2) is 27.0 Å². The van der Waals surface area contributed by atoms with Crippen molar-refractivity contribution in [1.82, 2.24) is 9.55 Å². The van der Waals surface area contributed by atoms with Crippen molar-refractivity contribution < 1.29 is 14.3 Å². The average molecular weight is 350 g/mol. The molecule has 26 heavy (non-hydrogen) atoms. The molecule has 0 radical (unpaired) electrons. The molecular formula is C19H18N4O3. The van der Waals surface area contributed by atoms with Gasteiger partial charge in [-0.1, -0.05) is 24.3 Å². The number of rotatable bonds is 3. The SMILES string of the molecule is CCn1c(NC(=O)C2(C)Oc3ccccc3NC2=O)nc2ccccc21. The zero-order chi connectivity index (χ0) is 18.3. The van der Waals surface area contributed by atoms with Crippen LogP contribution < -0.4 is 15.4 Å². The van der Waals surface area contributed by atoms with Crippen LogP contribution in [0.5, 0.6) is 5.75 Å². The van der Waals surface area contributed by atoms with Crippen molar-refractivity contribution >= 4 is 34.5 Å². The molecule has 1 unspecified atom stereocenters. The van der Waals surface area contributed by atoms with Crippen LogP contribution in [0.15, 0.2) is 48.5 Å². The number of carbonyl (C=O) groups excluding carboxylic acids is 2. The second kappa shape index (κ2) is 5.87. The second-order valence-corrected chi connectivity index (χ2v) is 6.21. The van der Waals surface area contributed by atoms with Crippen LogP contribution in [0.25, 0.3) is 11.0 Å². The number of para-hydroxylation sites is 4. The standard InChI is InChI=1S/C19H18N4O3/c1-3-23-14-10-6-4-8-12(14)21-18(23)22-17(25)19(2)16(24)20-13-9-5-7-11-15(13)26-19/h4-11H,3H2,1-2H3,(H,20,24)(H,21,22,25). The number of aromatic nitrogens is 2. The third kappa shape index (κ3) is 2.40. The van der Waals surface area contributed by atoms with Gasteiger partial charge in [-0.25, -0.2) is 4.98 Å². The van der Waals surface area contributed by atoms with E-state index in [0.29, 0.717) is 23.9 Å². The van der Waals surface area contributed by atoms with Crippen LogP contribution in [0, 0.1) is 0 Å². The lowest BCUT2D eigenvalue weighted by molar-refractivity contribution is -0.143. The van der Waals surface area contributed by atoms with Gasteiger partial charge in [0.15, 0.2) is 0 Å². The minimum Gasteiger partial charge on any atom is -0.466 e. The summed E-state index contributed by atoms with van der Waals surface area (Å²) in [6.45, 7) is 4.04. The third-order valence-corrected chi connectivity index (χ3v) is 4.51. The van der Waals surface area contributed by atoms with Crippen molar-refractivity contribution in [3.8, 4) is 5.75 Å². The molecule has 7 nitrogen and oxygen atoms in total. The van der Waals surface area contributed by atoms with Gasteiger partial charge in [-0.15, -0.1) is 0 Å². The van der Waals surface area contributed by atoms with Crippen LogP contribution in [0.4, 0.5) is 11.6 Å². The van der Waals surface area contributed by atoms with E-state index < -0.39 is 17.4 Å². The van der Waals surface area contributed by atoms with E-state index in [1.54, 1.807) is 24.3 Å². The predicted octanol–water partition coefficient (Wildman–Crippen LogP) is 2.78. The average Bonchev–Trinajstić information content (AvgIpc) is 2.99. The second-order valence-electron chi connectivity index (χ2n) is 6.21. The number of aryl methyl sites for hydroxylation is 1. The normalized spacial score (nSPS) is 18.8. The summed E-state index contributed by atoms with van der Waals surface area (Å²) in [5.74, 6) is -0.258. The summed E-state index contributed by atoms with van der Waals surface area (Å²) in [6.07, 6.45) is 0. The Morgan fingerprint density at radius 2 is 1.96 bits per heavy atom. The number of amides is 2. The Morgan fingerprint density at radius 3 is 2.77 bits per heavy atom. The van der Waals surface area contributed by atoms with Crippen molar-refractivity contribution in [2.75, 3.05) is 10.6 Å². The summed E-state index contributed by atoms with van der Waals surface area (Å²) >= 11 is 0. The summed E-state index contributed by atoms with van der Waals surface area (Å²) in [5, 5.41) is 5.47. The van der Waals surface area contributed by atoms with E-state index in [1.807, 2.05) is 35.8 Å². The Hall–Kier alpha value is -3.35. The fraction of sp³-hybridized carbons (Fsp3) is 0.211. The first kappa shape index (κ1) is 16.1. The van der Waals surface area contributed by atoms with E-state index in [9.17, 15) is 9.59 Å². The molecule has 132 valence electrons. The third-order valence-electron chi connectivity index (χ3n) is 4.51. The molecule has 2 amide bonds. The molecule has 0 aliphatic carbocycles. The number of benzene rings is 2. The van der Waals surface area contributed by atoms with Gasteiger partial charge in [0.05, 0.1) is 16.7 Å². The maximum atomic E-state index is 12.9. The van der Waals surface area contributed by atoms with E-state index in [0.717, 1.165) is 11.0 Å². The monoisotopic (exact) mass is 350 g/mol. The van der Waals surface area contributed by atoms with E-state index in [2.05, 4.69) is 15.6 Å². The predicted molar refractivity (Wildman–Crippen MR) is 98.1 cm³/mol. The molecule has 7 heteroatoms. The highest BCUT2D eigenvalue weighted by molar-refractivity contribution is 6.18. The minimum atomic E-state index is -1.69. The fourth-order valence-corrected chi connectivity index (χ4v) is 3.03. The van der Waals surface area contributed by atoms with Crippen molar-refractivity contribution in [2.45, 2.75) is 26.0 Å². The van der Waals surface area contributed by atoms with Gasteiger partial charge in [0.25, 0.3) is 17.4 Å². The molecule has 1 aromatic heterocycles. The molecule has 2 N–H and O–H groups in total. The van der Waals surface area contributed by atoms with Gasteiger partial charge in [-0.05, 0) is 38.1 Å². The van der Waals surface area contributed by atoms with Crippen LogP contribution >= 0.6 is 0 Å². The lowest BCUT2D eigenvalue weighted by Crippen LogP contribution is -2.56. The van der Waals surface area contributed by atoms with Gasteiger partial charge < -0.3 is 14.6 Å². The van der Waals surface area contributed by atoms with E-state index >= 15 is 0 Å². The fourth-order valence-electron chi connectivity index (χ4n) is 3.03. The molecule has 2 aromatic carbocycles. The van der Waals surface area contributed by atoms with E-state index in [1.165, 1.54) is 6.92 Å². The molecule has 0 fully saturated rings. The maximum absolute atomic E-state index is 12.9. The van der Waals surface area contributed by atoms with Gasteiger partial charge >= 0.3 is 0 Å². The molecule has 1 aliphatic rings. The molecule has 0 spiro atoms. The summed E-state index contributed by atoms with van der Waals surface area (Å²) in [4.78, 5) is 29.9. The topological polar surface area (TPSA) is 85.3 Å². The number of nitrogens with one attached hydrogen (secondary N) is 2. The molecule has 0 saturated carbocycles. The molecular weight excluding hydrogens is 332 g/mol. The van der Waals surface area contributed by atoms with Gasteiger partial charge in [0.1, 0.15) is 5.75 Å². The lowest BCUT2D eigenvalue weighted by atomic mass is 10.0. The van der Waals surface area contributed by atoms with Crippen LogP contribution in [-0.2, 0) is 16.1 Å². The summed E-state index contributed by atoms with van der Waals surface area (Å²) in [6, 6.07) is 14.6. The van der Waals surface area contributed by atoms with Crippen molar-refractivity contribution in [1.29, 1.82) is 0 Å². The Labute approximate surface area is 150 Å². The van der Waals surface area contributed by atoms with Crippen LogP contribution in [0.2, 0.25) is 0 Å². The van der Waals surface area contributed by atoms with Crippen molar-refractivity contribution in [2.24, 2.45) is 0 Å². The molecule has 2 heterocycles. The lowest BCUT2D eigenvalue weighted by Gasteiger charge is -2.33. The first-order chi connectivity index (χ1) is 12.5. The Kier molecular flexibility index (Phi) is 3.64. The molecule has 4 rings (SSSR count). The van der Waals surface area contributed by atoms with Gasteiger partial charge in [-0.3, -0.25) is 14.9 Å². The first-order valence-corrected chi connectivity index (χ1v) is 8.39. The van der Waals surface area contributed by atoms with Crippen molar-refractivity contribution in [3.63, 3.8) is 0 Å². The highest BCUT2D eigenvalue weighted by atomic mass is 16.5. The Bertz CT molecular complexity index is 1030. The molecule has 1 atom stereocenters. The zero-order valence-corrected chi connectivity index (χ0v) is 14.4. The van der Waals surface area contributed by atoms with E-state index in [-0.39, 0.29) is 0 Å². The number of anilines is 2. The number of nitrogens with zero attached hydrogens (tertiary/aromatic N) is 2. The summed E-state index contributed by atoms with van der Waals surface area (Å²) in [7, 11) is 0. The van der Waals surface area contributed by atoms with Crippen molar-refractivity contribution in [3.05, 3.63) is 48.5 Å². The number of ether oxygens (including phenoxy) is 1. The highest BCUT2D eigenvalue weighted by Crippen LogP contribution is 2.34. The van der Waals surface area contributed by atoms with Gasteiger partial charge in [0.2, 0.25) is 5.95 Å². The molecule has 1 aliphatic heterocycles. The maximum Gasteiger partial charge on any atom is 0.280 e. The van der Waals surface area contributed by atoms with E-state index in [4.69, 9.17) is 4.74 Å². The zero-order valence-electron chi connectivity index (χ0n) is 14.4. The minimum absolute atomic E-state index is 0.384. The molecule has 0 saturated heterocycles. The van der Waals surface area contributed by atoms with Gasteiger partial charge in [0, 0.05) is 6.54 Å². The summed E-state index contributed by atoms with van der Waals surface area (Å²) < 4.78 is 7.63. The van der Waals surface area contributed by atoms with Crippen LogP contribution in [0.1, 0.15) is 13.8 Å². The quantitative estimate of drug-likeness (QED) is 0.711. The largest absolute Gasteiger partial charge is 0.466 e. The highest BCUT2D eigenvalue weighted by Gasteiger charge is 2.47.